The zero-order valence-corrected chi connectivity index (χ0v) is 13.2. The number of aromatic nitrogens is 1. The van der Waals surface area contributed by atoms with Crippen LogP contribution in [0.1, 0.15) is 23.9 Å². The molecule has 1 aromatic carbocycles. The van der Waals surface area contributed by atoms with Crippen molar-refractivity contribution in [3.8, 4) is 5.75 Å². The second-order valence-electron chi connectivity index (χ2n) is 4.34. The van der Waals surface area contributed by atoms with Gasteiger partial charge in [-0.25, -0.2) is 4.98 Å². The highest BCUT2D eigenvalue weighted by Crippen LogP contribution is 2.24. The van der Waals surface area contributed by atoms with Crippen molar-refractivity contribution in [1.82, 2.24) is 4.98 Å². The molecule has 0 saturated carbocycles. The van der Waals surface area contributed by atoms with Crippen molar-refractivity contribution in [3.63, 3.8) is 0 Å². The lowest BCUT2D eigenvalue weighted by Gasteiger charge is -2.12. The van der Waals surface area contributed by atoms with Gasteiger partial charge in [0.05, 0.1) is 0 Å². The van der Waals surface area contributed by atoms with E-state index in [0.29, 0.717) is 6.61 Å². The molecule has 1 aromatic heterocycles. The van der Waals surface area contributed by atoms with Crippen LogP contribution in [0.3, 0.4) is 0 Å². The number of benzene rings is 1. The third kappa shape index (κ3) is 4.30. The van der Waals surface area contributed by atoms with E-state index in [1.54, 1.807) is 17.5 Å². The van der Waals surface area contributed by atoms with E-state index in [2.05, 4.69) is 27.8 Å². The third-order valence-corrected chi connectivity index (χ3v) is 4.40. The average Bonchev–Trinajstić information content (AvgIpc) is 2.92. The molecule has 1 unspecified atom stereocenters. The van der Waals surface area contributed by atoms with Crippen molar-refractivity contribution < 1.29 is 4.74 Å². The predicted molar refractivity (Wildman–Crippen MR) is 82.6 cm³/mol. The second kappa shape index (κ2) is 7.03. The average molecular weight is 341 g/mol. The Labute approximate surface area is 125 Å². The zero-order valence-electron chi connectivity index (χ0n) is 10.8. The molecule has 0 amide bonds. The summed E-state index contributed by atoms with van der Waals surface area (Å²) in [5, 5.41) is 2.93. The van der Waals surface area contributed by atoms with Gasteiger partial charge in [-0.2, -0.15) is 0 Å². The number of halogens is 1. The normalized spacial score (nSPS) is 12.4. The van der Waals surface area contributed by atoms with Crippen LogP contribution in [-0.2, 0) is 13.0 Å². The fraction of sp³-hybridized carbons (Fsp3) is 0.357. The van der Waals surface area contributed by atoms with Gasteiger partial charge in [-0.05, 0) is 36.6 Å². The molecule has 0 saturated heterocycles. The largest absolute Gasteiger partial charge is 0.486 e. The molecule has 0 spiro atoms. The number of hydrogen-bond donors (Lipinski definition) is 1. The monoisotopic (exact) mass is 340 g/mol. The molecule has 0 aliphatic rings. The van der Waals surface area contributed by atoms with E-state index in [-0.39, 0.29) is 6.04 Å². The molecular formula is C14H17BrN2OS. The molecule has 5 heteroatoms. The summed E-state index contributed by atoms with van der Waals surface area (Å²) in [7, 11) is 0. The van der Waals surface area contributed by atoms with Gasteiger partial charge in [-0.1, -0.05) is 22.9 Å². The number of nitrogens with zero attached hydrogens (tertiary/aromatic N) is 1. The maximum Gasteiger partial charge on any atom is 0.140 e. The van der Waals surface area contributed by atoms with E-state index in [9.17, 15) is 0 Å². The Hall–Kier alpha value is -0.910. The highest BCUT2D eigenvalue weighted by Gasteiger charge is 2.07. The molecule has 3 nitrogen and oxygen atoms in total. The van der Waals surface area contributed by atoms with E-state index in [1.165, 1.54) is 5.56 Å². The smallest absolute Gasteiger partial charge is 0.140 e. The van der Waals surface area contributed by atoms with Gasteiger partial charge in [-0.15, -0.1) is 11.3 Å². The van der Waals surface area contributed by atoms with E-state index in [4.69, 9.17) is 10.5 Å². The summed E-state index contributed by atoms with van der Waals surface area (Å²) < 4.78 is 6.83. The van der Waals surface area contributed by atoms with Gasteiger partial charge in [0, 0.05) is 22.1 Å². The third-order valence-electron chi connectivity index (χ3n) is 2.87. The van der Waals surface area contributed by atoms with Crippen LogP contribution < -0.4 is 10.5 Å². The van der Waals surface area contributed by atoms with Crippen LogP contribution in [0.15, 0.2) is 34.2 Å². The van der Waals surface area contributed by atoms with E-state index in [1.807, 2.05) is 23.6 Å². The molecule has 0 aliphatic heterocycles. The maximum absolute atomic E-state index is 6.01. The molecule has 0 fully saturated rings. The highest BCUT2D eigenvalue weighted by atomic mass is 79.9. The van der Waals surface area contributed by atoms with Crippen molar-refractivity contribution in [3.05, 3.63) is 44.8 Å². The van der Waals surface area contributed by atoms with E-state index < -0.39 is 0 Å². The predicted octanol–water partition coefficient (Wildman–Crippen LogP) is 3.76. The molecule has 0 bridgehead atoms. The summed E-state index contributed by atoms with van der Waals surface area (Å²) >= 11 is 5.15. The highest BCUT2D eigenvalue weighted by molar-refractivity contribution is 9.10. The van der Waals surface area contributed by atoms with Crippen molar-refractivity contribution in [2.75, 3.05) is 0 Å². The van der Waals surface area contributed by atoms with Gasteiger partial charge in [-0.3, -0.25) is 0 Å². The Bertz CT molecular complexity index is 516. The summed E-state index contributed by atoms with van der Waals surface area (Å²) in [5.74, 6) is 0.858. The van der Waals surface area contributed by atoms with Crippen molar-refractivity contribution >= 4 is 27.3 Å². The van der Waals surface area contributed by atoms with Crippen LogP contribution >= 0.6 is 27.3 Å². The van der Waals surface area contributed by atoms with Crippen LogP contribution in [0.4, 0.5) is 0 Å². The first kappa shape index (κ1) is 14.5. The van der Waals surface area contributed by atoms with Gasteiger partial charge in [0.25, 0.3) is 0 Å². The first-order valence-corrected chi connectivity index (χ1v) is 7.91. The minimum Gasteiger partial charge on any atom is -0.486 e. The topological polar surface area (TPSA) is 48.1 Å². The van der Waals surface area contributed by atoms with Crippen molar-refractivity contribution in [2.24, 2.45) is 5.73 Å². The zero-order chi connectivity index (χ0) is 13.7. The van der Waals surface area contributed by atoms with Gasteiger partial charge in [0.15, 0.2) is 0 Å². The molecule has 0 radical (unpaired) electrons. The molecule has 102 valence electrons. The molecule has 2 aromatic rings. The summed E-state index contributed by atoms with van der Waals surface area (Å²) in [5.41, 5.74) is 7.19. The lowest BCUT2D eigenvalue weighted by molar-refractivity contribution is 0.305. The quantitative estimate of drug-likeness (QED) is 0.870. The summed E-state index contributed by atoms with van der Waals surface area (Å²) in [6.07, 6.45) is 3.61. The Balaban J connectivity index is 2.03. The van der Waals surface area contributed by atoms with Crippen LogP contribution in [0.25, 0.3) is 0 Å². The van der Waals surface area contributed by atoms with E-state index >= 15 is 0 Å². The minimum absolute atomic E-state index is 0.186. The van der Waals surface area contributed by atoms with Crippen molar-refractivity contribution in [2.45, 2.75) is 32.4 Å². The van der Waals surface area contributed by atoms with Gasteiger partial charge in [0.1, 0.15) is 17.4 Å². The summed E-state index contributed by atoms with van der Waals surface area (Å²) in [6, 6.07) is 6.20. The summed E-state index contributed by atoms with van der Waals surface area (Å²) in [4.78, 5) is 4.20. The van der Waals surface area contributed by atoms with Gasteiger partial charge >= 0.3 is 0 Å². The van der Waals surface area contributed by atoms with Crippen LogP contribution in [0, 0.1) is 0 Å². The second-order valence-corrected chi connectivity index (χ2v) is 6.17. The SMILES string of the molecule is CCC(N)Cc1cc(OCc2nccs2)ccc1Br. The number of thiazole rings is 1. The van der Waals surface area contributed by atoms with Crippen LogP contribution in [-0.4, -0.2) is 11.0 Å². The Morgan fingerprint density at radius 2 is 2.32 bits per heavy atom. The number of ether oxygens (including phenoxy) is 1. The summed E-state index contributed by atoms with van der Waals surface area (Å²) in [6.45, 7) is 2.61. The van der Waals surface area contributed by atoms with E-state index in [0.717, 1.165) is 28.1 Å². The standard InChI is InChI=1S/C14H17BrN2OS/c1-2-11(16)7-10-8-12(3-4-13(10)15)18-9-14-17-5-6-19-14/h3-6,8,11H,2,7,9,16H2,1H3. The van der Waals surface area contributed by atoms with Crippen molar-refractivity contribution in [1.29, 1.82) is 0 Å². The number of rotatable bonds is 6. The fourth-order valence-electron chi connectivity index (χ4n) is 1.69. The number of hydrogen-bond acceptors (Lipinski definition) is 4. The van der Waals surface area contributed by atoms with Crippen LogP contribution in [0.2, 0.25) is 0 Å². The Morgan fingerprint density at radius 3 is 3.00 bits per heavy atom. The van der Waals surface area contributed by atoms with Gasteiger partial charge < -0.3 is 10.5 Å². The molecule has 1 heterocycles. The Kier molecular flexibility index (Phi) is 5.36. The Morgan fingerprint density at radius 1 is 1.47 bits per heavy atom. The maximum atomic E-state index is 6.01. The minimum atomic E-state index is 0.186. The fourth-order valence-corrected chi connectivity index (χ4v) is 2.63. The van der Waals surface area contributed by atoms with Crippen LogP contribution in [0.5, 0.6) is 5.75 Å². The molecule has 0 aliphatic carbocycles. The molecule has 2 rings (SSSR count). The molecule has 19 heavy (non-hydrogen) atoms. The lowest BCUT2D eigenvalue weighted by Crippen LogP contribution is -2.21. The number of nitrogens with two attached hydrogens (primary N) is 1. The molecular weight excluding hydrogens is 324 g/mol. The molecule has 2 N–H and O–H groups in total. The first-order chi connectivity index (χ1) is 9.19. The van der Waals surface area contributed by atoms with Gasteiger partial charge in [0.2, 0.25) is 0 Å². The lowest BCUT2D eigenvalue weighted by atomic mass is 10.0. The molecule has 1 atom stereocenters. The first-order valence-electron chi connectivity index (χ1n) is 6.24.